The number of hydrogen-bond donors (Lipinski definition) is 1. The molecule has 1 N–H and O–H groups in total. The van der Waals surface area contributed by atoms with E-state index in [1.165, 1.54) is 0 Å². The highest BCUT2D eigenvalue weighted by Gasteiger charge is 2.40. The number of ether oxygens (including phenoxy) is 2. The summed E-state index contributed by atoms with van der Waals surface area (Å²) in [5.41, 5.74) is 1.96. The van der Waals surface area contributed by atoms with Crippen molar-refractivity contribution < 1.29 is 14.3 Å². The number of thioether (sulfide) groups is 1. The number of urea groups is 1. The molecule has 0 bridgehead atoms. The number of nitrogens with zero attached hydrogens (tertiary/aromatic N) is 3. The molecule has 1 fully saturated rings. The number of carbonyl (C=O) groups excluding carboxylic acids is 1. The maximum absolute atomic E-state index is 12.8. The maximum Gasteiger partial charge on any atom is 0.321 e. The second-order valence-corrected chi connectivity index (χ2v) is 8.79. The lowest BCUT2D eigenvalue weighted by Crippen LogP contribution is -2.46. The van der Waals surface area contributed by atoms with Crippen LogP contribution in [0, 0.1) is 0 Å². The molecule has 2 amide bonds. The van der Waals surface area contributed by atoms with Gasteiger partial charge in [0.25, 0.3) is 0 Å². The molecular formula is C23H25ClN4O3S. The van der Waals surface area contributed by atoms with Crippen LogP contribution in [0.5, 0.6) is 11.5 Å². The number of hydrogen-bond acceptors (Lipinski definition) is 6. The summed E-state index contributed by atoms with van der Waals surface area (Å²) >= 11 is 7.67. The van der Waals surface area contributed by atoms with Gasteiger partial charge in [0, 0.05) is 36.5 Å². The molecule has 2 aliphatic rings. The fourth-order valence-corrected chi connectivity index (χ4v) is 4.66. The molecule has 2 heterocycles. The van der Waals surface area contributed by atoms with Crippen LogP contribution in [-0.2, 0) is 0 Å². The highest BCUT2D eigenvalue weighted by Crippen LogP contribution is 2.36. The third-order valence-corrected chi connectivity index (χ3v) is 6.55. The minimum atomic E-state index is -0.516. The topological polar surface area (TPSA) is 75.5 Å². The van der Waals surface area contributed by atoms with Crippen LogP contribution in [0.3, 0.4) is 0 Å². The number of methoxy groups -OCH3 is 2. The molecule has 1 spiro atoms. The zero-order valence-corrected chi connectivity index (χ0v) is 19.8. The van der Waals surface area contributed by atoms with Crippen LogP contribution >= 0.6 is 23.4 Å². The number of likely N-dealkylation sites (tertiary alicyclic amines) is 1. The van der Waals surface area contributed by atoms with Gasteiger partial charge < -0.3 is 19.7 Å². The molecule has 0 saturated carbocycles. The highest BCUT2D eigenvalue weighted by atomic mass is 35.5. The van der Waals surface area contributed by atoms with Crippen molar-refractivity contribution in [1.82, 2.24) is 4.90 Å². The molecule has 0 aromatic heterocycles. The van der Waals surface area contributed by atoms with Crippen LogP contribution in [0.15, 0.2) is 52.4 Å². The first-order valence-corrected chi connectivity index (χ1v) is 11.8. The van der Waals surface area contributed by atoms with E-state index in [1.54, 1.807) is 49.1 Å². The standard InChI is InChI=1S/C23H25ClN4O3S/c1-30-17-7-4-15(5-8-17)20-21(32-3)27-23(26-20)10-12-28(13-11-23)22(29)25-18-14-16(24)6-9-19(18)31-2/h4-9,14H,10-13H2,1-3H3,(H,25,29). The van der Waals surface area contributed by atoms with Gasteiger partial charge in [0.15, 0.2) is 5.66 Å². The molecule has 9 heteroatoms. The Hall–Kier alpha value is -2.71. The Morgan fingerprint density at radius 3 is 2.44 bits per heavy atom. The normalized spacial score (nSPS) is 17.1. The quantitative estimate of drug-likeness (QED) is 0.683. The van der Waals surface area contributed by atoms with E-state index in [0.29, 0.717) is 42.4 Å². The molecule has 0 unspecified atom stereocenters. The van der Waals surface area contributed by atoms with Crippen LogP contribution in [0.25, 0.3) is 0 Å². The number of aliphatic imine (C=N–C) groups is 2. The average Bonchev–Trinajstić information content (AvgIpc) is 3.18. The monoisotopic (exact) mass is 472 g/mol. The van der Waals surface area contributed by atoms with E-state index in [-0.39, 0.29) is 6.03 Å². The number of nitrogens with one attached hydrogen (secondary N) is 1. The van der Waals surface area contributed by atoms with Gasteiger partial charge in [-0.15, -0.1) is 11.8 Å². The zero-order chi connectivity index (χ0) is 22.7. The van der Waals surface area contributed by atoms with Gasteiger partial charge in [-0.05, 0) is 48.7 Å². The molecule has 7 nitrogen and oxygen atoms in total. The fourth-order valence-electron chi connectivity index (χ4n) is 3.87. The van der Waals surface area contributed by atoms with Gasteiger partial charge in [0.05, 0.1) is 25.6 Å². The molecule has 2 aliphatic heterocycles. The number of halogens is 1. The number of amides is 2. The highest BCUT2D eigenvalue weighted by molar-refractivity contribution is 8.15. The summed E-state index contributed by atoms with van der Waals surface area (Å²) in [7, 11) is 3.21. The summed E-state index contributed by atoms with van der Waals surface area (Å²) in [6, 6.07) is 12.8. The van der Waals surface area contributed by atoms with Crippen molar-refractivity contribution in [2.45, 2.75) is 18.5 Å². The summed E-state index contributed by atoms with van der Waals surface area (Å²) in [5, 5.41) is 4.37. The number of anilines is 1. The largest absolute Gasteiger partial charge is 0.497 e. The van der Waals surface area contributed by atoms with Crippen molar-refractivity contribution in [3.8, 4) is 11.5 Å². The van der Waals surface area contributed by atoms with Crippen LogP contribution < -0.4 is 14.8 Å². The van der Waals surface area contributed by atoms with Crippen molar-refractivity contribution in [3.05, 3.63) is 53.1 Å². The fraction of sp³-hybridized carbons (Fsp3) is 0.348. The molecule has 4 rings (SSSR count). The van der Waals surface area contributed by atoms with Crippen molar-refractivity contribution >= 4 is 45.8 Å². The molecule has 0 atom stereocenters. The van der Waals surface area contributed by atoms with Crippen LogP contribution in [0.1, 0.15) is 18.4 Å². The van der Waals surface area contributed by atoms with Crippen LogP contribution in [0.2, 0.25) is 5.02 Å². The Kier molecular flexibility index (Phi) is 6.62. The average molecular weight is 473 g/mol. The van der Waals surface area contributed by atoms with E-state index in [0.717, 1.165) is 22.1 Å². The van der Waals surface area contributed by atoms with E-state index in [4.69, 9.17) is 31.1 Å². The van der Waals surface area contributed by atoms with Gasteiger partial charge in [-0.2, -0.15) is 0 Å². The first-order valence-electron chi connectivity index (χ1n) is 10.2. The van der Waals surface area contributed by atoms with Gasteiger partial charge >= 0.3 is 6.03 Å². The Morgan fingerprint density at radius 1 is 1.09 bits per heavy atom. The SMILES string of the molecule is COc1ccc(C2=NC3(CCN(C(=O)Nc4cc(Cl)ccc4OC)CC3)N=C2SC)cc1. The molecule has 168 valence electrons. The van der Waals surface area contributed by atoms with Gasteiger partial charge in [-0.25, -0.2) is 9.79 Å². The Labute approximate surface area is 196 Å². The lowest BCUT2D eigenvalue weighted by molar-refractivity contribution is 0.175. The van der Waals surface area contributed by atoms with E-state index in [1.807, 2.05) is 30.5 Å². The second kappa shape index (κ2) is 9.42. The van der Waals surface area contributed by atoms with Gasteiger partial charge in [0.2, 0.25) is 0 Å². The molecule has 1 saturated heterocycles. The summed E-state index contributed by atoms with van der Waals surface area (Å²) in [5.74, 6) is 1.37. The Morgan fingerprint density at radius 2 is 1.81 bits per heavy atom. The van der Waals surface area contributed by atoms with E-state index in [9.17, 15) is 4.79 Å². The van der Waals surface area contributed by atoms with E-state index < -0.39 is 5.66 Å². The first-order chi connectivity index (χ1) is 15.5. The lowest BCUT2D eigenvalue weighted by Gasteiger charge is -2.35. The number of carbonyl (C=O) groups is 1. The number of rotatable bonds is 4. The van der Waals surface area contributed by atoms with Gasteiger partial charge in [-0.1, -0.05) is 11.6 Å². The Bertz CT molecular complexity index is 1060. The predicted molar refractivity (Wildman–Crippen MR) is 131 cm³/mol. The summed E-state index contributed by atoms with van der Waals surface area (Å²) in [6.45, 7) is 1.11. The molecule has 2 aromatic rings. The maximum atomic E-state index is 12.8. The molecule has 32 heavy (non-hydrogen) atoms. The predicted octanol–water partition coefficient (Wildman–Crippen LogP) is 4.95. The second-order valence-electron chi connectivity index (χ2n) is 7.55. The van der Waals surface area contributed by atoms with Gasteiger partial charge in [0.1, 0.15) is 16.5 Å². The smallest absolute Gasteiger partial charge is 0.321 e. The molecule has 2 aromatic carbocycles. The number of benzene rings is 2. The lowest BCUT2D eigenvalue weighted by atomic mass is 9.98. The van der Waals surface area contributed by atoms with E-state index in [2.05, 4.69) is 5.32 Å². The third-order valence-electron chi connectivity index (χ3n) is 5.64. The summed E-state index contributed by atoms with van der Waals surface area (Å²) in [6.07, 6.45) is 3.34. The van der Waals surface area contributed by atoms with Crippen LogP contribution in [-0.4, -0.2) is 60.9 Å². The first kappa shape index (κ1) is 22.5. The Balaban J connectivity index is 1.46. The van der Waals surface area contributed by atoms with Crippen LogP contribution in [0.4, 0.5) is 10.5 Å². The van der Waals surface area contributed by atoms with Crippen molar-refractivity contribution in [3.63, 3.8) is 0 Å². The molecular weight excluding hydrogens is 448 g/mol. The third kappa shape index (κ3) is 4.56. The van der Waals surface area contributed by atoms with Crippen molar-refractivity contribution in [1.29, 1.82) is 0 Å². The summed E-state index contributed by atoms with van der Waals surface area (Å²) in [4.78, 5) is 24.6. The van der Waals surface area contributed by atoms with E-state index >= 15 is 0 Å². The molecule has 0 radical (unpaired) electrons. The number of piperidine rings is 1. The minimum absolute atomic E-state index is 0.188. The minimum Gasteiger partial charge on any atom is -0.497 e. The molecule has 0 aliphatic carbocycles. The van der Waals surface area contributed by atoms with Crippen molar-refractivity contribution in [2.24, 2.45) is 9.98 Å². The zero-order valence-electron chi connectivity index (χ0n) is 18.2. The van der Waals surface area contributed by atoms with Gasteiger partial charge in [-0.3, -0.25) is 4.99 Å². The summed E-state index contributed by atoms with van der Waals surface area (Å²) < 4.78 is 10.6. The van der Waals surface area contributed by atoms with Crippen molar-refractivity contribution in [2.75, 3.05) is 38.9 Å².